The Labute approximate surface area is 136 Å². The third kappa shape index (κ3) is 3.80. The Morgan fingerprint density at radius 3 is 1.45 bits per heavy atom. The van der Waals surface area contributed by atoms with Gasteiger partial charge in [-0.2, -0.15) is 0 Å². The maximum absolute atomic E-state index is 2.36. The zero-order valence-electron chi connectivity index (χ0n) is 15.2. The van der Waals surface area contributed by atoms with E-state index >= 15 is 0 Å². The van der Waals surface area contributed by atoms with E-state index in [-0.39, 0.29) is 5.41 Å². The molecule has 0 aliphatic carbocycles. The minimum Gasteiger partial charge on any atom is -0.0587 e. The van der Waals surface area contributed by atoms with Gasteiger partial charge in [0.2, 0.25) is 0 Å². The van der Waals surface area contributed by atoms with Crippen LogP contribution in [0.2, 0.25) is 0 Å². The topological polar surface area (TPSA) is 0 Å². The van der Waals surface area contributed by atoms with Crippen LogP contribution in [0.25, 0.3) is 11.1 Å². The van der Waals surface area contributed by atoms with Crippen LogP contribution in [-0.2, 0) is 5.41 Å². The van der Waals surface area contributed by atoms with Crippen LogP contribution in [0.5, 0.6) is 0 Å². The van der Waals surface area contributed by atoms with E-state index in [1.54, 1.807) is 0 Å². The molecule has 0 amide bonds. The van der Waals surface area contributed by atoms with Crippen molar-refractivity contribution < 1.29 is 0 Å². The van der Waals surface area contributed by atoms with Gasteiger partial charge < -0.3 is 0 Å². The van der Waals surface area contributed by atoms with Crippen molar-refractivity contribution in [3.8, 4) is 11.1 Å². The summed E-state index contributed by atoms with van der Waals surface area (Å²) in [6.07, 6.45) is 0. The second kappa shape index (κ2) is 6.28. The summed E-state index contributed by atoms with van der Waals surface area (Å²) in [6.45, 7) is 15.9. The molecular formula is C22H30. The quantitative estimate of drug-likeness (QED) is 0.577. The summed E-state index contributed by atoms with van der Waals surface area (Å²) in [5, 5.41) is 0. The summed E-state index contributed by atoms with van der Waals surface area (Å²) in [5.74, 6) is 1.12. The highest BCUT2D eigenvalue weighted by Crippen LogP contribution is 2.31. The Kier molecular flexibility index (Phi) is 4.80. The maximum atomic E-state index is 2.36. The Morgan fingerprint density at radius 1 is 0.636 bits per heavy atom. The third-order valence-corrected chi connectivity index (χ3v) is 4.40. The predicted octanol–water partition coefficient (Wildman–Crippen LogP) is 6.90. The summed E-state index contributed by atoms with van der Waals surface area (Å²) in [5.41, 5.74) is 7.12. The molecule has 22 heavy (non-hydrogen) atoms. The minimum atomic E-state index is 0.210. The van der Waals surface area contributed by atoms with Gasteiger partial charge in [0, 0.05) is 0 Å². The maximum Gasteiger partial charge on any atom is -0.0132 e. The van der Waals surface area contributed by atoms with Crippen molar-refractivity contribution in [1.82, 2.24) is 0 Å². The highest BCUT2D eigenvalue weighted by atomic mass is 14.2. The van der Waals surface area contributed by atoms with Crippen LogP contribution in [0.15, 0.2) is 42.5 Å². The van der Waals surface area contributed by atoms with E-state index < -0.39 is 0 Å². The van der Waals surface area contributed by atoms with E-state index in [1.165, 1.54) is 27.8 Å². The van der Waals surface area contributed by atoms with Crippen LogP contribution in [0.3, 0.4) is 0 Å². The van der Waals surface area contributed by atoms with Gasteiger partial charge in [0.15, 0.2) is 0 Å². The van der Waals surface area contributed by atoms with Gasteiger partial charge in [-0.05, 0) is 45.1 Å². The fourth-order valence-electron chi connectivity index (χ4n) is 2.67. The molecule has 2 rings (SSSR count). The van der Waals surface area contributed by atoms with Gasteiger partial charge in [-0.3, -0.25) is 0 Å². The summed E-state index contributed by atoms with van der Waals surface area (Å²) < 4.78 is 0. The van der Waals surface area contributed by atoms with E-state index in [1.807, 2.05) is 0 Å². The molecule has 0 heterocycles. The van der Waals surface area contributed by atoms with Gasteiger partial charge >= 0.3 is 0 Å². The fraction of sp³-hybridized carbons (Fsp3) is 0.455. The lowest BCUT2D eigenvalue weighted by atomic mass is 9.85. The van der Waals surface area contributed by atoms with Gasteiger partial charge in [0.25, 0.3) is 0 Å². The lowest BCUT2D eigenvalue weighted by molar-refractivity contribution is 0.590. The lowest BCUT2D eigenvalue weighted by Crippen LogP contribution is -2.10. The SMILES string of the molecule is CC(C)c1cc(-c2ccc(C(C)(C)C)cc2)cc(C(C)C)c1. The molecule has 2 aromatic carbocycles. The van der Waals surface area contributed by atoms with Gasteiger partial charge in [-0.1, -0.05) is 90.9 Å². The number of hydrogen-bond donors (Lipinski definition) is 0. The van der Waals surface area contributed by atoms with Crippen molar-refractivity contribution in [3.05, 3.63) is 59.2 Å². The predicted molar refractivity (Wildman–Crippen MR) is 98.8 cm³/mol. The first kappa shape index (κ1) is 16.8. The summed E-state index contributed by atoms with van der Waals surface area (Å²) in [6, 6.07) is 16.1. The average molecular weight is 294 g/mol. The normalized spacial score (nSPS) is 12.2. The second-order valence-corrected chi connectivity index (χ2v) is 8.03. The van der Waals surface area contributed by atoms with Gasteiger partial charge in [0.1, 0.15) is 0 Å². The van der Waals surface area contributed by atoms with E-state index in [2.05, 4.69) is 90.9 Å². The zero-order valence-corrected chi connectivity index (χ0v) is 15.2. The Hall–Kier alpha value is -1.56. The van der Waals surface area contributed by atoms with Gasteiger partial charge in [0.05, 0.1) is 0 Å². The van der Waals surface area contributed by atoms with Crippen molar-refractivity contribution in [1.29, 1.82) is 0 Å². The molecule has 0 atom stereocenters. The van der Waals surface area contributed by atoms with Crippen molar-refractivity contribution in [2.24, 2.45) is 0 Å². The van der Waals surface area contributed by atoms with Crippen LogP contribution in [0.1, 0.15) is 77.0 Å². The van der Waals surface area contributed by atoms with Crippen LogP contribution in [-0.4, -0.2) is 0 Å². The monoisotopic (exact) mass is 294 g/mol. The molecule has 118 valence electrons. The molecule has 0 heteroatoms. The molecule has 0 saturated heterocycles. The molecule has 0 radical (unpaired) electrons. The molecule has 0 aliphatic rings. The van der Waals surface area contributed by atoms with Gasteiger partial charge in [-0.25, -0.2) is 0 Å². The van der Waals surface area contributed by atoms with E-state index in [0.29, 0.717) is 11.8 Å². The summed E-state index contributed by atoms with van der Waals surface area (Å²) in [4.78, 5) is 0. The molecular weight excluding hydrogens is 264 g/mol. The largest absolute Gasteiger partial charge is 0.0587 e. The summed E-state index contributed by atoms with van der Waals surface area (Å²) >= 11 is 0. The Balaban J connectivity index is 2.47. The molecule has 0 nitrogen and oxygen atoms in total. The van der Waals surface area contributed by atoms with Crippen LogP contribution >= 0.6 is 0 Å². The molecule has 2 aromatic rings. The number of rotatable bonds is 3. The first-order valence-corrected chi connectivity index (χ1v) is 8.44. The molecule has 0 fully saturated rings. The number of benzene rings is 2. The Morgan fingerprint density at radius 2 is 1.09 bits per heavy atom. The third-order valence-electron chi connectivity index (χ3n) is 4.40. The van der Waals surface area contributed by atoms with Crippen molar-refractivity contribution in [3.63, 3.8) is 0 Å². The molecule has 0 aromatic heterocycles. The molecule has 0 bridgehead atoms. The minimum absolute atomic E-state index is 0.210. The van der Waals surface area contributed by atoms with Gasteiger partial charge in [-0.15, -0.1) is 0 Å². The highest BCUT2D eigenvalue weighted by Gasteiger charge is 2.14. The average Bonchev–Trinajstić information content (AvgIpc) is 2.46. The zero-order chi connectivity index (χ0) is 16.5. The van der Waals surface area contributed by atoms with E-state index in [9.17, 15) is 0 Å². The fourth-order valence-corrected chi connectivity index (χ4v) is 2.67. The Bertz CT molecular complexity index is 596. The first-order chi connectivity index (χ1) is 10.2. The first-order valence-electron chi connectivity index (χ1n) is 8.44. The van der Waals surface area contributed by atoms with Crippen molar-refractivity contribution in [2.75, 3.05) is 0 Å². The second-order valence-electron chi connectivity index (χ2n) is 8.03. The summed E-state index contributed by atoms with van der Waals surface area (Å²) in [7, 11) is 0. The van der Waals surface area contributed by atoms with Crippen LogP contribution in [0.4, 0.5) is 0 Å². The van der Waals surface area contributed by atoms with Crippen molar-refractivity contribution in [2.45, 2.75) is 65.7 Å². The van der Waals surface area contributed by atoms with Crippen LogP contribution < -0.4 is 0 Å². The van der Waals surface area contributed by atoms with Crippen molar-refractivity contribution >= 4 is 0 Å². The standard InChI is InChI=1S/C22H30/c1-15(2)18-12-19(16(3)4)14-20(13-18)17-8-10-21(11-9-17)22(5,6)7/h8-16H,1-7H3. The van der Waals surface area contributed by atoms with E-state index in [4.69, 9.17) is 0 Å². The van der Waals surface area contributed by atoms with E-state index in [0.717, 1.165) is 0 Å². The number of hydrogen-bond acceptors (Lipinski definition) is 0. The molecule has 0 aliphatic heterocycles. The highest BCUT2D eigenvalue weighted by molar-refractivity contribution is 5.66. The molecule has 0 spiro atoms. The lowest BCUT2D eigenvalue weighted by Gasteiger charge is -2.20. The molecule has 0 saturated carbocycles. The molecule has 0 unspecified atom stereocenters. The van der Waals surface area contributed by atoms with Crippen LogP contribution in [0, 0.1) is 0 Å². The molecule has 0 N–H and O–H groups in total. The smallest absolute Gasteiger partial charge is 0.0132 e.